The van der Waals surface area contributed by atoms with Gasteiger partial charge in [-0.15, -0.1) is 0 Å². The summed E-state index contributed by atoms with van der Waals surface area (Å²) in [5.41, 5.74) is 2.92. The van der Waals surface area contributed by atoms with Gasteiger partial charge in [0.1, 0.15) is 19.0 Å². The minimum absolute atomic E-state index is 0.262. The zero-order chi connectivity index (χ0) is 24.0. The van der Waals surface area contributed by atoms with E-state index in [0.717, 1.165) is 29.7 Å². The van der Waals surface area contributed by atoms with Crippen LogP contribution in [0, 0.1) is 0 Å². The fourth-order valence-electron chi connectivity index (χ4n) is 3.91. The van der Waals surface area contributed by atoms with Crippen LogP contribution in [-0.2, 0) is 27.8 Å². The van der Waals surface area contributed by atoms with Crippen LogP contribution in [0.1, 0.15) is 35.6 Å². The summed E-state index contributed by atoms with van der Waals surface area (Å²) >= 11 is 0. The van der Waals surface area contributed by atoms with Crippen molar-refractivity contribution in [3.63, 3.8) is 0 Å². The first-order valence-corrected chi connectivity index (χ1v) is 13.1. The highest BCUT2D eigenvalue weighted by molar-refractivity contribution is 7.90. The van der Waals surface area contributed by atoms with E-state index in [9.17, 15) is 13.2 Å². The third kappa shape index (κ3) is 6.35. The Hall–Kier alpha value is -3.39. The van der Waals surface area contributed by atoms with Crippen LogP contribution in [0.5, 0.6) is 5.75 Å². The Morgan fingerprint density at radius 2 is 1.68 bits per heavy atom. The third-order valence-electron chi connectivity index (χ3n) is 5.92. The number of hydrogen-bond acceptors (Lipinski definition) is 6. The van der Waals surface area contributed by atoms with Crippen molar-refractivity contribution in [2.24, 2.45) is 0 Å². The molecule has 0 saturated carbocycles. The van der Waals surface area contributed by atoms with Crippen LogP contribution in [0.15, 0.2) is 77.8 Å². The van der Waals surface area contributed by atoms with E-state index in [2.05, 4.69) is 11.1 Å². The molecule has 2 aromatic carbocycles. The first-order valence-electron chi connectivity index (χ1n) is 11.2. The van der Waals surface area contributed by atoms with Gasteiger partial charge in [-0.25, -0.2) is 13.2 Å². The van der Waals surface area contributed by atoms with Crippen LogP contribution in [0.25, 0.3) is 0 Å². The zero-order valence-corrected chi connectivity index (χ0v) is 19.9. The highest BCUT2D eigenvalue weighted by Gasteiger charge is 2.25. The fraction of sp³-hybridized carbons (Fsp3) is 0.308. The second kappa shape index (κ2) is 10.7. The van der Waals surface area contributed by atoms with E-state index in [0.29, 0.717) is 31.4 Å². The molecule has 3 aromatic rings. The summed E-state index contributed by atoms with van der Waals surface area (Å²) in [7, 11) is -3.22. The van der Waals surface area contributed by atoms with E-state index in [1.165, 1.54) is 18.4 Å². The van der Waals surface area contributed by atoms with Gasteiger partial charge in [-0.1, -0.05) is 36.4 Å². The van der Waals surface area contributed by atoms with Crippen molar-refractivity contribution in [1.82, 2.24) is 9.88 Å². The van der Waals surface area contributed by atoms with E-state index >= 15 is 0 Å². The highest BCUT2D eigenvalue weighted by atomic mass is 32.2. The average Bonchev–Trinajstić information content (AvgIpc) is 2.87. The number of rotatable bonds is 7. The molecule has 1 amide bonds. The van der Waals surface area contributed by atoms with Crippen molar-refractivity contribution in [3.05, 3.63) is 89.7 Å². The molecule has 0 spiro atoms. The van der Waals surface area contributed by atoms with Crippen molar-refractivity contribution in [2.75, 3.05) is 19.3 Å². The van der Waals surface area contributed by atoms with Gasteiger partial charge in [0.25, 0.3) is 0 Å². The van der Waals surface area contributed by atoms with Crippen molar-refractivity contribution in [3.8, 4) is 5.75 Å². The lowest BCUT2D eigenvalue weighted by atomic mass is 9.90. The number of sulfone groups is 1. The smallest absolute Gasteiger partial charge is 0.410 e. The quantitative estimate of drug-likeness (QED) is 0.492. The maximum Gasteiger partial charge on any atom is 0.410 e. The molecular formula is C26H28N2O5S. The lowest BCUT2D eigenvalue weighted by Crippen LogP contribution is -2.38. The molecule has 34 heavy (non-hydrogen) atoms. The second-order valence-electron chi connectivity index (χ2n) is 8.42. The van der Waals surface area contributed by atoms with Crippen molar-refractivity contribution in [2.45, 2.75) is 36.9 Å². The Morgan fingerprint density at radius 3 is 2.29 bits per heavy atom. The van der Waals surface area contributed by atoms with E-state index in [1.54, 1.807) is 17.0 Å². The average molecular weight is 481 g/mol. The summed E-state index contributed by atoms with van der Waals surface area (Å²) < 4.78 is 34.3. The van der Waals surface area contributed by atoms with Crippen LogP contribution in [-0.4, -0.2) is 43.7 Å². The summed E-state index contributed by atoms with van der Waals surface area (Å²) in [5.74, 6) is 0.939. The molecule has 8 heteroatoms. The van der Waals surface area contributed by atoms with Crippen LogP contribution in [0.3, 0.4) is 0 Å². The number of amides is 1. The third-order valence-corrected chi connectivity index (χ3v) is 7.04. The number of piperidine rings is 1. The molecule has 0 unspecified atom stereocenters. The molecule has 0 aliphatic carbocycles. The van der Waals surface area contributed by atoms with Crippen LogP contribution >= 0.6 is 0 Å². The van der Waals surface area contributed by atoms with E-state index in [4.69, 9.17) is 9.47 Å². The molecule has 2 heterocycles. The molecule has 1 fully saturated rings. The number of carbonyl (C=O) groups is 1. The van der Waals surface area contributed by atoms with Gasteiger partial charge in [-0.05, 0) is 60.2 Å². The van der Waals surface area contributed by atoms with E-state index in [-0.39, 0.29) is 17.6 Å². The molecule has 1 saturated heterocycles. The standard InChI is InChI=1S/C26H28N2O5S/c1-34(30,31)25-11-9-24(10-12-25)32-19-23-8-7-22(17-27-23)21-13-15-28(16-14-21)26(29)33-18-20-5-3-2-4-6-20/h2-12,17,21H,13-16,18-19H2,1H3. The maximum absolute atomic E-state index is 12.4. The number of aromatic nitrogens is 1. The molecule has 178 valence electrons. The normalized spacial score (nSPS) is 14.6. The van der Waals surface area contributed by atoms with Crippen molar-refractivity contribution < 1.29 is 22.7 Å². The number of pyridine rings is 1. The predicted molar refractivity (Wildman–Crippen MR) is 128 cm³/mol. The number of nitrogens with zero attached hydrogens (tertiary/aromatic N) is 2. The lowest BCUT2D eigenvalue weighted by molar-refractivity contribution is 0.0870. The van der Waals surface area contributed by atoms with Gasteiger partial charge < -0.3 is 14.4 Å². The summed E-state index contributed by atoms with van der Waals surface area (Å²) in [5, 5.41) is 0. The fourth-order valence-corrected chi connectivity index (χ4v) is 4.54. The van der Waals surface area contributed by atoms with E-state index in [1.807, 2.05) is 42.6 Å². The number of likely N-dealkylation sites (tertiary alicyclic amines) is 1. The van der Waals surface area contributed by atoms with Gasteiger partial charge in [0.2, 0.25) is 0 Å². The number of ether oxygens (including phenoxy) is 2. The molecule has 4 rings (SSSR count). The topological polar surface area (TPSA) is 85.8 Å². The van der Waals surface area contributed by atoms with Crippen LogP contribution < -0.4 is 4.74 Å². The maximum atomic E-state index is 12.4. The molecule has 0 radical (unpaired) electrons. The molecular weight excluding hydrogens is 452 g/mol. The molecule has 0 atom stereocenters. The molecule has 0 N–H and O–H groups in total. The Morgan fingerprint density at radius 1 is 0.971 bits per heavy atom. The lowest BCUT2D eigenvalue weighted by Gasteiger charge is -2.31. The van der Waals surface area contributed by atoms with Crippen LogP contribution in [0.4, 0.5) is 4.79 Å². The Balaban J connectivity index is 1.23. The Labute approximate surface area is 200 Å². The SMILES string of the molecule is CS(=O)(=O)c1ccc(OCc2ccc(C3CCN(C(=O)OCc4ccccc4)CC3)cn2)cc1. The molecule has 1 aromatic heterocycles. The number of carbonyl (C=O) groups excluding carboxylic acids is 1. The number of benzene rings is 2. The molecule has 0 bridgehead atoms. The largest absolute Gasteiger partial charge is 0.487 e. The summed E-state index contributed by atoms with van der Waals surface area (Å²) in [6.45, 7) is 1.90. The van der Waals surface area contributed by atoms with Crippen LogP contribution in [0.2, 0.25) is 0 Å². The molecule has 1 aliphatic rings. The van der Waals surface area contributed by atoms with Gasteiger partial charge in [0.05, 0.1) is 10.6 Å². The van der Waals surface area contributed by atoms with E-state index < -0.39 is 9.84 Å². The van der Waals surface area contributed by atoms with Crippen molar-refractivity contribution in [1.29, 1.82) is 0 Å². The first kappa shape index (κ1) is 23.8. The molecule has 1 aliphatic heterocycles. The number of hydrogen-bond donors (Lipinski definition) is 0. The highest BCUT2D eigenvalue weighted by Crippen LogP contribution is 2.28. The van der Waals surface area contributed by atoms with Crippen molar-refractivity contribution >= 4 is 15.9 Å². The van der Waals surface area contributed by atoms with Gasteiger partial charge in [0.15, 0.2) is 9.84 Å². The summed E-state index contributed by atoms with van der Waals surface area (Å²) in [4.78, 5) is 18.9. The van der Waals surface area contributed by atoms with Gasteiger partial charge in [0, 0.05) is 25.5 Å². The monoisotopic (exact) mass is 480 g/mol. The second-order valence-corrected chi connectivity index (χ2v) is 10.4. The summed E-state index contributed by atoms with van der Waals surface area (Å²) in [6.07, 6.45) is 4.52. The Kier molecular flexibility index (Phi) is 7.47. The summed E-state index contributed by atoms with van der Waals surface area (Å²) in [6, 6.07) is 20.0. The zero-order valence-electron chi connectivity index (χ0n) is 19.1. The first-order chi connectivity index (χ1) is 16.4. The minimum atomic E-state index is -3.22. The Bertz CT molecular complexity index is 1190. The minimum Gasteiger partial charge on any atom is -0.487 e. The van der Waals surface area contributed by atoms with Gasteiger partial charge in [-0.3, -0.25) is 4.98 Å². The predicted octanol–water partition coefficient (Wildman–Crippen LogP) is 4.58. The van der Waals surface area contributed by atoms with Gasteiger partial charge in [-0.2, -0.15) is 0 Å². The molecule has 7 nitrogen and oxygen atoms in total. The van der Waals surface area contributed by atoms with Gasteiger partial charge >= 0.3 is 6.09 Å².